The number of nitrogens with zero attached hydrogens (tertiary/aromatic N) is 1. The minimum absolute atomic E-state index is 0.110. The molecule has 0 radical (unpaired) electrons. The van der Waals surface area contributed by atoms with Gasteiger partial charge in [-0.25, -0.2) is 13.8 Å². The van der Waals surface area contributed by atoms with Crippen molar-refractivity contribution in [2.45, 2.75) is 6.43 Å². The minimum atomic E-state index is -2.83. The predicted molar refractivity (Wildman–Crippen MR) is 50.9 cm³/mol. The van der Waals surface area contributed by atoms with Crippen LogP contribution in [0.3, 0.4) is 0 Å². The molecule has 7 heteroatoms. The normalized spacial score (nSPS) is 10.5. The molecule has 0 bridgehead atoms. The molecule has 0 N–H and O–H groups in total. The third-order valence-corrected chi connectivity index (χ3v) is 2.02. The van der Waals surface area contributed by atoms with E-state index in [1.54, 1.807) is 0 Å². The van der Waals surface area contributed by atoms with E-state index < -0.39 is 23.1 Å². The van der Waals surface area contributed by atoms with Gasteiger partial charge < -0.3 is 4.74 Å². The van der Waals surface area contributed by atoms with Crippen molar-refractivity contribution in [1.29, 1.82) is 0 Å². The first-order valence-corrected chi connectivity index (χ1v) is 4.45. The van der Waals surface area contributed by atoms with Crippen molar-refractivity contribution in [3.05, 3.63) is 22.5 Å². The molecule has 0 amide bonds. The smallest absolute Gasteiger partial charge is 0.280 e. The summed E-state index contributed by atoms with van der Waals surface area (Å²) in [5.41, 5.74) is -1.04. The van der Waals surface area contributed by atoms with Crippen LogP contribution >= 0.6 is 23.2 Å². The molecule has 3 nitrogen and oxygen atoms in total. The van der Waals surface area contributed by atoms with Crippen molar-refractivity contribution in [2.75, 3.05) is 7.11 Å². The second kappa shape index (κ2) is 4.72. The van der Waals surface area contributed by atoms with E-state index in [9.17, 15) is 13.6 Å². The first-order chi connectivity index (χ1) is 6.97. The quantitative estimate of drug-likeness (QED) is 0.780. The molecule has 0 atom stereocenters. The van der Waals surface area contributed by atoms with Gasteiger partial charge in [0.2, 0.25) is 0 Å². The van der Waals surface area contributed by atoms with Crippen LogP contribution in [0.4, 0.5) is 8.78 Å². The number of ether oxygens (including phenoxy) is 1. The standard InChI is InChI=1S/C8H5Cl2F2NO2/c1-15-6-3(9)2-4(8(11)12)13-5(6)7(10)14/h2,8H,1H3. The summed E-state index contributed by atoms with van der Waals surface area (Å²) in [5, 5.41) is -1.14. The Morgan fingerprint density at radius 3 is 2.60 bits per heavy atom. The van der Waals surface area contributed by atoms with E-state index in [1.807, 2.05) is 0 Å². The highest BCUT2D eigenvalue weighted by Crippen LogP contribution is 2.31. The number of hydrogen-bond donors (Lipinski definition) is 0. The Kier molecular flexibility index (Phi) is 3.82. The van der Waals surface area contributed by atoms with Crippen molar-refractivity contribution in [2.24, 2.45) is 0 Å². The van der Waals surface area contributed by atoms with E-state index >= 15 is 0 Å². The third-order valence-electron chi connectivity index (χ3n) is 1.56. The van der Waals surface area contributed by atoms with Gasteiger partial charge in [-0.1, -0.05) is 11.6 Å². The van der Waals surface area contributed by atoms with Crippen LogP contribution in [-0.2, 0) is 0 Å². The highest BCUT2D eigenvalue weighted by molar-refractivity contribution is 6.67. The van der Waals surface area contributed by atoms with Gasteiger partial charge in [-0.3, -0.25) is 4.79 Å². The van der Waals surface area contributed by atoms with Crippen LogP contribution in [0.5, 0.6) is 5.75 Å². The number of hydrogen-bond acceptors (Lipinski definition) is 3. The second-order valence-corrected chi connectivity index (χ2v) is 3.24. The molecule has 1 aromatic heterocycles. The van der Waals surface area contributed by atoms with E-state index in [-0.39, 0.29) is 10.8 Å². The topological polar surface area (TPSA) is 39.2 Å². The molecule has 15 heavy (non-hydrogen) atoms. The molecular formula is C8H5Cl2F2NO2. The Balaban J connectivity index is 3.38. The van der Waals surface area contributed by atoms with Crippen LogP contribution in [0.2, 0.25) is 5.02 Å². The number of halogens is 4. The van der Waals surface area contributed by atoms with E-state index in [1.165, 1.54) is 7.11 Å². The van der Waals surface area contributed by atoms with Crippen LogP contribution in [0.25, 0.3) is 0 Å². The maximum absolute atomic E-state index is 12.3. The zero-order valence-electron chi connectivity index (χ0n) is 7.43. The average molecular weight is 256 g/mol. The summed E-state index contributed by atoms with van der Waals surface area (Å²) in [6.07, 6.45) is -2.83. The van der Waals surface area contributed by atoms with Crippen LogP contribution in [-0.4, -0.2) is 17.3 Å². The fraction of sp³-hybridized carbons (Fsp3) is 0.250. The molecule has 0 saturated carbocycles. The fourth-order valence-electron chi connectivity index (χ4n) is 0.960. The van der Waals surface area contributed by atoms with Gasteiger partial charge >= 0.3 is 0 Å². The van der Waals surface area contributed by atoms with Gasteiger partial charge in [0.1, 0.15) is 5.69 Å². The van der Waals surface area contributed by atoms with Gasteiger partial charge in [-0.15, -0.1) is 0 Å². The maximum atomic E-state index is 12.3. The van der Waals surface area contributed by atoms with E-state index in [0.29, 0.717) is 0 Å². The van der Waals surface area contributed by atoms with Crippen LogP contribution < -0.4 is 4.74 Å². The number of alkyl halides is 2. The summed E-state index contributed by atoms with van der Waals surface area (Å²) < 4.78 is 29.3. The molecule has 1 aromatic rings. The van der Waals surface area contributed by atoms with Gasteiger partial charge in [0.05, 0.1) is 12.1 Å². The van der Waals surface area contributed by atoms with Crippen molar-refractivity contribution in [3.63, 3.8) is 0 Å². The molecule has 1 rings (SSSR count). The number of pyridine rings is 1. The number of methoxy groups -OCH3 is 1. The van der Waals surface area contributed by atoms with E-state index in [0.717, 1.165) is 6.07 Å². The zero-order chi connectivity index (χ0) is 11.6. The molecule has 0 aromatic carbocycles. The zero-order valence-corrected chi connectivity index (χ0v) is 8.94. The lowest BCUT2D eigenvalue weighted by atomic mass is 10.3. The fourth-order valence-corrected chi connectivity index (χ4v) is 1.37. The molecular weight excluding hydrogens is 251 g/mol. The molecule has 1 heterocycles. The Labute approximate surface area is 94.0 Å². The molecule has 0 fully saturated rings. The lowest BCUT2D eigenvalue weighted by molar-refractivity contribution is 0.107. The maximum Gasteiger partial charge on any atom is 0.280 e. The Bertz CT molecular complexity index is 398. The molecule has 0 aliphatic heterocycles. The highest BCUT2D eigenvalue weighted by atomic mass is 35.5. The minimum Gasteiger partial charge on any atom is -0.493 e. The summed E-state index contributed by atoms with van der Waals surface area (Å²) >= 11 is 10.8. The van der Waals surface area contributed by atoms with Gasteiger partial charge in [-0.05, 0) is 17.7 Å². The molecule has 0 aliphatic rings. The molecule has 82 valence electrons. The molecule has 0 unspecified atom stereocenters. The van der Waals surface area contributed by atoms with Crippen molar-refractivity contribution < 1.29 is 18.3 Å². The van der Waals surface area contributed by atoms with Gasteiger partial charge in [0, 0.05) is 0 Å². The van der Waals surface area contributed by atoms with Gasteiger partial charge in [0.15, 0.2) is 11.4 Å². The van der Waals surface area contributed by atoms with Crippen molar-refractivity contribution in [3.8, 4) is 5.75 Å². The second-order valence-electron chi connectivity index (χ2n) is 2.49. The van der Waals surface area contributed by atoms with E-state index in [4.69, 9.17) is 27.9 Å². The number of aromatic nitrogens is 1. The predicted octanol–water partition coefficient (Wildman–Crippen LogP) is 3.06. The number of carbonyl (C=O) groups is 1. The Morgan fingerprint density at radius 1 is 1.60 bits per heavy atom. The summed E-state index contributed by atoms with van der Waals surface area (Å²) in [4.78, 5) is 14.2. The molecule has 0 saturated heterocycles. The molecule has 0 aliphatic carbocycles. The van der Waals surface area contributed by atoms with E-state index in [2.05, 4.69) is 4.98 Å². The van der Waals surface area contributed by atoms with Crippen LogP contribution in [0, 0.1) is 0 Å². The lowest BCUT2D eigenvalue weighted by Gasteiger charge is -2.08. The monoisotopic (exact) mass is 255 g/mol. The summed E-state index contributed by atoms with van der Waals surface area (Å²) in [5.74, 6) is -0.110. The first kappa shape index (κ1) is 12.1. The number of rotatable bonds is 3. The Morgan fingerprint density at radius 2 is 2.20 bits per heavy atom. The van der Waals surface area contributed by atoms with Crippen molar-refractivity contribution in [1.82, 2.24) is 4.98 Å². The largest absolute Gasteiger partial charge is 0.493 e. The van der Waals surface area contributed by atoms with Gasteiger partial charge in [0.25, 0.3) is 11.7 Å². The Hall–Kier alpha value is -0.940. The van der Waals surface area contributed by atoms with Crippen LogP contribution in [0.1, 0.15) is 22.6 Å². The van der Waals surface area contributed by atoms with Crippen LogP contribution in [0.15, 0.2) is 6.07 Å². The third kappa shape index (κ3) is 2.54. The first-order valence-electron chi connectivity index (χ1n) is 3.69. The SMILES string of the molecule is COc1c(Cl)cc(C(F)F)nc1C(=O)Cl. The summed E-state index contributed by atoms with van der Waals surface area (Å²) in [7, 11) is 1.23. The molecule has 0 spiro atoms. The number of carbonyl (C=O) groups excluding carboxylic acids is 1. The van der Waals surface area contributed by atoms with Gasteiger partial charge in [-0.2, -0.15) is 0 Å². The van der Waals surface area contributed by atoms with Crippen molar-refractivity contribution >= 4 is 28.4 Å². The summed E-state index contributed by atoms with van der Waals surface area (Å²) in [6, 6.07) is 0.925. The highest BCUT2D eigenvalue weighted by Gasteiger charge is 2.20. The average Bonchev–Trinajstić information content (AvgIpc) is 2.16. The lowest BCUT2D eigenvalue weighted by Crippen LogP contribution is -2.03. The summed E-state index contributed by atoms with van der Waals surface area (Å²) in [6.45, 7) is 0.